The Morgan fingerprint density at radius 3 is 1.71 bits per heavy atom. The SMILES string of the molecule is CCCN[Si]1(C)O[SiH](C)O[Si](C)(NCCC)O1. The smallest absolute Gasteiger partial charge is 0.404 e. The van der Waals surface area contributed by atoms with Crippen molar-refractivity contribution in [1.82, 2.24) is 9.96 Å². The first-order valence-electron chi connectivity index (χ1n) is 6.49. The van der Waals surface area contributed by atoms with Crippen LogP contribution in [0.3, 0.4) is 0 Å². The van der Waals surface area contributed by atoms with Crippen LogP contribution in [-0.2, 0) is 12.3 Å². The summed E-state index contributed by atoms with van der Waals surface area (Å²) in [5.74, 6) is 0. The fraction of sp³-hybridized carbons (Fsp3) is 1.00. The molecule has 1 fully saturated rings. The predicted molar refractivity (Wildman–Crippen MR) is 76.1 cm³/mol. The molecule has 2 atom stereocenters. The van der Waals surface area contributed by atoms with E-state index in [4.69, 9.17) is 12.3 Å². The maximum Gasteiger partial charge on any atom is 0.404 e. The van der Waals surface area contributed by atoms with Gasteiger partial charge in [-0.25, -0.2) is 0 Å². The maximum atomic E-state index is 6.18. The summed E-state index contributed by atoms with van der Waals surface area (Å²) >= 11 is 0. The molecule has 2 unspecified atom stereocenters. The second-order valence-electron chi connectivity index (χ2n) is 4.65. The molecule has 0 aliphatic carbocycles. The zero-order chi connectivity index (χ0) is 12.9. The van der Waals surface area contributed by atoms with Crippen molar-refractivity contribution in [2.75, 3.05) is 13.1 Å². The van der Waals surface area contributed by atoms with Crippen LogP contribution in [0.4, 0.5) is 0 Å². The van der Waals surface area contributed by atoms with E-state index in [-0.39, 0.29) is 0 Å². The molecule has 0 bridgehead atoms. The van der Waals surface area contributed by atoms with Gasteiger partial charge in [0.2, 0.25) is 0 Å². The Labute approximate surface area is 109 Å². The Morgan fingerprint density at radius 2 is 1.35 bits per heavy atom. The van der Waals surface area contributed by atoms with Gasteiger partial charge < -0.3 is 12.3 Å². The van der Waals surface area contributed by atoms with E-state index in [1.54, 1.807) is 0 Å². The molecular formula is C9H26N2O3Si3. The van der Waals surface area contributed by atoms with Gasteiger partial charge in [-0.2, -0.15) is 0 Å². The second kappa shape index (κ2) is 6.57. The summed E-state index contributed by atoms with van der Waals surface area (Å²) in [6.45, 7) is 12.5. The third-order valence-electron chi connectivity index (χ3n) is 2.56. The molecule has 17 heavy (non-hydrogen) atoms. The molecule has 8 heteroatoms. The van der Waals surface area contributed by atoms with Crippen LogP contribution >= 0.6 is 0 Å². The fourth-order valence-electron chi connectivity index (χ4n) is 1.94. The molecular weight excluding hydrogens is 268 g/mol. The van der Waals surface area contributed by atoms with Crippen molar-refractivity contribution >= 4 is 26.7 Å². The average molecular weight is 295 g/mol. The van der Waals surface area contributed by atoms with Crippen LogP contribution in [0.15, 0.2) is 0 Å². The van der Waals surface area contributed by atoms with E-state index >= 15 is 0 Å². The third kappa shape index (κ3) is 4.91. The lowest BCUT2D eigenvalue weighted by molar-refractivity contribution is 0.225. The lowest BCUT2D eigenvalue weighted by Crippen LogP contribution is -2.72. The summed E-state index contributed by atoms with van der Waals surface area (Å²) in [5, 5.41) is 0. The standard InChI is InChI=1S/C9H26N2O3Si3/c1-6-8-10-16(4)12-15(3)13-17(5,14-16)11-9-7-2/h10-11,15H,6-9H2,1-5H3. The third-order valence-corrected chi connectivity index (χ3v) is 13.7. The lowest BCUT2D eigenvalue weighted by atomic mass is 10.5. The molecule has 1 saturated heterocycles. The molecule has 5 nitrogen and oxygen atoms in total. The van der Waals surface area contributed by atoms with E-state index in [9.17, 15) is 0 Å². The summed E-state index contributed by atoms with van der Waals surface area (Å²) in [6.07, 6.45) is 2.18. The Morgan fingerprint density at radius 1 is 0.941 bits per heavy atom. The summed E-state index contributed by atoms with van der Waals surface area (Å²) in [5.41, 5.74) is 0. The highest BCUT2D eigenvalue weighted by atomic mass is 28.5. The van der Waals surface area contributed by atoms with Crippen molar-refractivity contribution in [1.29, 1.82) is 0 Å². The minimum Gasteiger partial charge on any atom is -0.406 e. The molecule has 0 aromatic heterocycles. The Balaban J connectivity index is 2.62. The van der Waals surface area contributed by atoms with Crippen LogP contribution in [0.25, 0.3) is 0 Å². The summed E-state index contributed by atoms with van der Waals surface area (Å²) in [6, 6.07) is 0. The van der Waals surface area contributed by atoms with Crippen LogP contribution in [0.5, 0.6) is 0 Å². The summed E-state index contributed by atoms with van der Waals surface area (Å²) in [7, 11) is -6.00. The average Bonchev–Trinajstić information content (AvgIpc) is 2.22. The summed E-state index contributed by atoms with van der Waals surface area (Å²) in [4.78, 5) is 6.91. The fourth-order valence-corrected chi connectivity index (χ4v) is 14.5. The van der Waals surface area contributed by atoms with Crippen LogP contribution in [0.2, 0.25) is 19.6 Å². The zero-order valence-electron chi connectivity index (χ0n) is 11.6. The Hall–Kier alpha value is 0.451. The molecule has 0 spiro atoms. The lowest BCUT2D eigenvalue weighted by Gasteiger charge is -2.44. The van der Waals surface area contributed by atoms with Crippen molar-refractivity contribution in [3.8, 4) is 0 Å². The van der Waals surface area contributed by atoms with Gasteiger partial charge in [0, 0.05) is 0 Å². The molecule has 0 radical (unpaired) electrons. The van der Waals surface area contributed by atoms with Gasteiger partial charge in [0.15, 0.2) is 0 Å². The van der Waals surface area contributed by atoms with E-state index in [1.807, 2.05) is 0 Å². The predicted octanol–water partition coefficient (Wildman–Crippen LogP) is 1.04. The highest BCUT2D eigenvalue weighted by Gasteiger charge is 2.50. The van der Waals surface area contributed by atoms with Gasteiger partial charge in [-0.15, -0.1) is 0 Å². The Kier molecular flexibility index (Phi) is 5.99. The topological polar surface area (TPSA) is 51.8 Å². The first-order valence-corrected chi connectivity index (χ1v) is 13.2. The molecule has 1 heterocycles. The van der Waals surface area contributed by atoms with Gasteiger partial charge in [-0.05, 0) is 45.6 Å². The van der Waals surface area contributed by atoms with E-state index in [1.165, 1.54) is 0 Å². The van der Waals surface area contributed by atoms with E-state index in [0.29, 0.717) is 0 Å². The van der Waals surface area contributed by atoms with Crippen molar-refractivity contribution in [3.05, 3.63) is 0 Å². The number of nitrogens with one attached hydrogen (secondary N) is 2. The van der Waals surface area contributed by atoms with Crippen molar-refractivity contribution in [3.63, 3.8) is 0 Å². The molecule has 0 amide bonds. The molecule has 0 saturated carbocycles. The van der Waals surface area contributed by atoms with Crippen LogP contribution in [0, 0.1) is 0 Å². The molecule has 1 aliphatic rings. The maximum absolute atomic E-state index is 6.18. The minimum absolute atomic E-state index is 0.947. The van der Waals surface area contributed by atoms with Gasteiger partial charge in [0.25, 0.3) is 0 Å². The highest BCUT2D eigenvalue weighted by molar-refractivity contribution is 6.86. The number of hydrogen-bond donors (Lipinski definition) is 2. The molecule has 102 valence electrons. The summed E-state index contributed by atoms with van der Waals surface area (Å²) < 4.78 is 18.1. The number of rotatable bonds is 6. The first kappa shape index (κ1) is 15.5. The van der Waals surface area contributed by atoms with E-state index in [2.05, 4.69) is 43.5 Å². The highest BCUT2D eigenvalue weighted by Crippen LogP contribution is 2.21. The van der Waals surface area contributed by atoms with E-state index in [0.717, 1.165) is 25.9 Å². The molecule has 2 N–H and O–H groups in total. The quantitative estimate of drug-likeness (QED) is 0.717. The molecule has 1 rings (SSSR count). The normalized spacial score (nSPS) is 38.3. The van der Waals surface area contributed by atoms with Crippen LogP contribution in [0.1, 0.15) is 26.7 Å². The monoisotopic (exact) mass is 294 g/mol. The van der Waals surface area contributed by atoms with Gasteiger partial charge in [-0.3, -0.25) is 9.96 Å². The molecule has 1 aliphatic heterocycles. The van der Waals surface area contributed by atoms with Crippen LogP contribution in [-0.4, -0.2) is 39.8 Å². The van der Waals surface area contributed by atoms with Gasteiger partial charge in [-0.1, -0.05) is 13.8 Å². The van der Waals surface area contributed by atoms with Gasteiger partial charge in [0.05, 0.1) is 0 Å². The second-order valence-corrected chi connectivity index (χ2v) is 13.0. The first-order chi connectivity index (χ1) is 7.93. The largest absolute Gasteiger partial charge is 0.406 e. The number of hydrogen-bond acceptors (Lipinski definition) is 5. The van der Waals surface area contributed by atoms with Crippen molar-refractivity contribution < 1.29 is 12.3 Å². The minimum atomic E-state index is -2.22. The molecule has 0 aromatic rings. The Bertz CT molecular complexity index is 228. The van der Waals surface area contributed by atoms with Gasteiger partial charge >= 0.3 is 26.7 Å². The van der Waals surface area contributed by atoms with Gasteiger partial charge in [0.1, 0.15) is 0 Å². The molecule has 0 aromatic carbocycles. The zero-order valence-corrected chi connectivity index (χ0v) is 14.8. The van der Waals surface area contributed by atoms with Crippen LogP contribution < -0.4 is 9.96 Å². The van der Waals surface area contributed by atoms with Crippen molar-refractivity contribution in [2.24, 2.45) is 0 Å². The van der Waals surface area contributed by atoms with Crippen molar-refractivity contribution in [2.45, 2.75) is 46.3 Å². The van der Waals surface area contributed by atoms with E-state index < -0.39 is 26.7 Å².